The molecule has 1 unspecified atom stereocenters. The summed E-state index contributed by atoms with van der Waals surface area (Å²) >= 11 is 0. The van der Waals surface area contributed by atoms with Gasteiger partial charge in [-0.2, -0.15) is 0 Å². The molecule has 6 heteroatoms. The van der Waals surface area contributed by atoms with Gasteiger partial charge in [0, 0.05) is 6.04 Å². The van der Waals surface area contributed by atoms with Crippen LogP contribution in [0.5, 0.6) is 0 Å². The van der Waals surface area contributed by atoms with Crippen LogP contribution in [0.1, 0.15) is 26.2 Å². The molecule has 1 amide bonds. The quantitative estimate of drug-likeness (QED) is 0.733. The van der Waals surface area contributed by atoms with Gasteiger partial charge in [0.05, 0.1) is 18.1 Å². The highest BCUT2D eigenvalue weighted by Crippen LogP contribution is 2.10. The summed E-state index contributed by atoms with van der Waals surface area (Å²) in [6, 6.07) is -0.188. The SMILES string of the molecule is CCCCN(C)CC(=O)NC1CCS(=O)(=O)C1. The average molecular weight is 262 g/mol. The lowest BCUT2D eigenvalue weighted by molar-refractivity contribution is -0.122. The van der Waals surface area contributed by atoms with E-state index >= 15 is 0 Å². The highest BCUT2D eigenvalue weighted by molar-refractivity contribution is 7.91. The van der Waals surface area contributed by atoms with Crippen LogP contribution in [0.2, 0.25) is 0 Å². The summed E-state index contributed by atoms with van der Waals surface area (Å²) in [6.07, 6.45) is 2.72. The Bertz CT molecular complexity index is 354. The fraction of sp³-hybridized carbons (Fsp3) is 0.909. The van der Waals surface area contributed by atoms with E-state index in [2.05, 4.69) is 12.2 Å². The highest BCUT2D eigenvalue weighted by atomic mass is 32.2. The van der Waals surface area contributed by atoms with Crippen LogP contribution in [0.4, 0.5) is 0 Å². The first-order valence-electron chi connectivity index (χ1n) is 6.11. The molecule has 1 aliphatic rings. The predicted octanol–water partition coefficient (Wildman–Crippen LogP) is 0.0216. The lowest BCUT2D eigenvalue weighted by atomic mass is 10.2. The van der Waals surface area contributed by atoms with Gasteiger partial charge in [-0.3, -0.25) is 9.69 Å². The van der Waals surface area contributed by atoms with Crippen LogP contribution in [0, 0.1) is 0 Å². The molecule has 0 aromatic heterocycles. The zero-order valence-corrected chi connectivity index (χ0v) is 11.4. The summed E-state index contributed by atoms with van der Waals surface area (Å²) in [5, 5.41) is 2.78. The van der Waals surface area contributed by atoms with Crippen molar-refractivity contribution in [2.24, 2.45) is 0 Å². The van der Waals surface area contributed by atoms with Crippen molar-refractivity contribution in [2.75, 3.05) is 31.6 Å². The monoisotopic (exact) mass is 262 g/mol. The van der Waals surface area contributed by atoms with Crippen LogP contribution in [0.25, 0.3) is 0 Å². The van der Waals surface area contributed by atoms with E-state index in [4.69, 9.17) is 0 Å². The summed E-state index contributed by atoms with van der Waals surface area (Å²) in [4.78, 5) is 13.6. The third-order valence-electron chi connectivity index (χ3n) is 2.90. The van der Waals surface area contributed by atoms with Gasteiger partial charge in [0.2, 0.25) is 5.91 Å². The summed E-state index contributed by atoms with van der Waals surface area (Å²) < 4.78 is 22.4. The smallest absolute Gasteiger partial charge is 0.234 e. The molecule has 1 atom stereocenters. The summed E-state index contributed by atoms with van der Waals surface area (Å²) in [6.45, 7) is 3.35. The van der Waals surface area contributed by atoms with Crippen LogP contribution < -0.4 is 5.32 Å². The molecule has 0 saturated carbocycles. The Morgan fingerprint density at radius 2 is 2.18 bits per heavy atom. The lowest BCUT2D eigenvalue weighted by Crippen LogP contribution is -2.41. The molecule has 0 spiro atoms. The molecule has 1 N–H and O–H groups in total. The topological polar surface area (TPSA) is 66.5 Å². The number of carbonyl (C=O) groups excluding carboxylic acids is 1. The summed E-state index contributed by atoms with van der Waals surface area (Å²) in [5.74, 6) is 0.215. The maximum atomic E-state index is 11.6. The first-order chi connectivity index (χ1) is 7.93. The number of likely N-dealkylation sites (N-methyl/N-ethyl adjacent to an activating group) is 1. The second kappa shape index (κ2) is 6.35. The normalized spacial score (nSPS) is 22.9. The zero-order valence-electron chi connectivity index (χ0n) is 10.6. The summed E-state index contributed by atoms with van der Waals surface area (Å²) in [5.41, 5.74) is 0. The van der Waals surface area contributed by atoms with E-state index in [0.717, 1.165) is 19.4 Å². The second-order valence-electron chi connectivity index (χ2n) is 4.76. The van der Waals surface area contributed by atoms with Gasteiger partial charge in [0.25, 0.3) is 0 Å². The van der Waals surface area contributed by atoms with Crippen molar-refractivity contribution in [3.8, 4) is 0 Å². The molecule has 100 valence electrons. The van der Waals surface area contributed by atoms with Crippen molar-refractivity contribution in [1.29, 1.82) is 0 Å². The van der Waals surface area contributed by atoms with Gasteiger partial charge in [-0.1, -0.05) is 13.3 Å². The van der Waals surface area contributed by atoms with E-state index < -0.39 is 9.84 Å². The van der Waals surface area contributed by atoms with Gasteiger partial charge in [-0.25, -0.2) is 8.42 Å². The molecule has 1 rings (SSSR count). The molecule has 17 heavy (non-hydrogen) atoms. The van der Waals surface area contributed by atoms with Crippen molar-refractivity contribution in [2.45, 2.75) is 32.2 Å². The van der Waals surface area contributed by atoms with Crippen LogP contribution in [0.3, 0.4) is 0 Å². The number of nitrogens with zero attached hydrogens (tertiary/aromatic N) is 1. The van der Waals surface area contributed by atoms with Gasteiger partial charge in [0.1, 0.15) is 0 Å². The Morgan fingerprint density at radius 3 is 2.71 bits per heavy atom. The van der Waals surface area contributed by atoms with Crippen molar-refractivity contribution >= 4 is 15.7 Å². The lowest BCUT2D eigenvalue weighted by Gasteiger charge is -2.17. The predicted molar refractivity (Wildman–Crippen MR) is 67.6 cm³/mol. The highest BCUT2D eigenvalue weighted by Gasteiger charge is 2.28. The molecule has 1 heterocycles. The number of nitrogens with one attached hydrogen (secondary N) is 1. The number of rotatable bonds is 6. The Morgan fingerprint density at radius 1 is 1.47 bits per heavy atom. The minimum Gasteiger partial charge on any atom is -0.351 e. The van der Waals surface area contributed by atoms with E-state index in [0.29, 0.717) is 13.0 Å². The fourth-order valence-corrected chi connectivity index (χ4v) is 3.61. The first kappa shape index (κ1) is 14.4. The standard InChI is InChI=1S/C11H22N2O3S/c1-3-4-6-13(2)8-11(14)12-10-5-7-17(15,16)9-10/h10H,3-9H2,1-2H3,(H,12,14). The molecule has 1 fully saturated rings. The summed E-state index contributed by atoms with van der Waals surface area (Å²) in [7, 11) is -1.01. The van der Waals surface area contributed by atoms with E-state index in [-0.39, 0.29) is 23.5 Å². The Hall–Kier alpha value is -0.620. The van der Waals surface area contributed by atoms with Gasteiger partial charge >= 0.3 is 0 Å². The molecule has 0 bridgehead atoms. The van der Waals surface area contributed by atoms with Crippen LogP contribution >= 0.6 is 0 Å². The molecule has 0 radical (unpaired) electrons. The molecular weight excluding hydrogens is 240 g/mol. The second-order valence-corrected chi connectivity index (χ2v) is 6.99. The van der Waals surface area contributed by atoms with Gasteiger partial charge in [0.15, 0.2) is 9.84 Å². The first-order valence-corrected chi connectivity index (χ1v) is 7.93. The van der Waals surface area contributed by atoms with Crippen molar-refractivity contribution in [3.63, 3.8) is 0 Å². The third-order valence-corrected chi connectivity index (χ3v) is 4.67. The molecule has 1 saturated heterocycles. The van der Waals surface area contributed by atoms with Crippen LogP contribution in [0.15, 0.2) is 0 Å². The third kappa shape index (κ3) is 5.50. The van der Waals surface area contributed by atoms with Gasteiger partial charge in [-0.05, 0) is 26.4 Å². The number of hydrogen-bond donors (Lipinski definition) is 1. The van der Waals surface area contributed by atoms with E-state index in [9.17, 15) is 13.2 Å². The number of sulfone groups is 1. The largest absolute Gasteiger partial charge is 0.351 e. The molecule has 5 nitrogen and oxygen atoms in total. The van der Waals surface area contributed by atoms with Crippen LogP contribution in [-0.2, 0) is 14.6 Å². The van der Waals surface area contributed by atoms with E-state index in [1.807, 2.05) is 11.9 Å². The van der Waals surface area contributed by atoms with Crippen LogP contribution in [-0.4, -0.2) is 56.9 Å². The number of amides is 1. The van der Waals surface area contributed by atoms with Crippen molar-refractivity contribution in [3.05, 3.63) is 0 Å². The Labute approximate surface area is 103 Å². The van der Waals surface area contributed by atoms with Crippen molar-refractivity contribution < 1.29 is 13.2 Å². The van der Waals surface area contributed by atoms with Gasteiger partial charge in [-0.15, -0.1) is 0 Å². The Balaban J connectivity index is 2.26. The molecule has 0 aromatic carbocycles. The zero-order chi connectivity index (χ0) is 12.9. The number of unbranched alkanes of at least 4 members (excludes halogenated alkanes) is 1. The minimum absolute atomic E-state index is 0.0781. The fourth-order valence-electron chi connectivity index (χ4n) is 1.93. The minimum atomic E-state index is -2.91. The average Bonchev–Trinajstić information content (AvgIpc) is 2.54. The van der Waals surface area contributed by atoms with Crippen molar-refractivity contribution in [1.82, 2.24) is 10.2 Å². The molecule has 0 aliphatic carbocycles. The maximum Gasteiger partial charge on any atom is 0.234 e. The molecule has 1 aliphatic heterocycles. The van der Waals surface area contributed by atoms with Gasteiger partial charge < -0.3 is 5.32 Å². The molecule has 0 aromatic rings. The molecular formula is C11H22N2O3S. The maximum absolute atomic E-state index is 11.6. The van der Waals surface area contributed by atoms with E-state index in [1.165, 1.54) is 0 Å². The number of hydrogen-bond acceptors (Lipinski definition) is 4. The number of carbonyl (C=O) groups is 1. The Kier molecular flexibility index (Phi) is 5.39. The van der Waals surface area contributed by atoms with E-state index in [1.54, 1.807) is 0 Å².